The van der Waals surface area contributed by atoms with Crippen LogP contribution < -0.4 is 10.6 Å². The molecule has 3 atom stereocenters. The van der Waals surface area contributed by atoms with Gasteiger partial charge in [0.15, 0.2) is 0 Å². The third-order valence-corrected chi connectivity index (χ3v) is 3.72. The lowest BCUT2D eigenvalue weighted by molar-refractivity contribution is -0.132. The normalized spacial score (nSPS) is 22.3. The fraction of sp³-hybridized carbons (Fsp3) is 0.412. The molecular weight excluding hydrogens is 329 g/mol. The highest BCUT2D eigenvalue weighted by molar-refractivity contribution is 5.89. The smallest absolute Gasteiger partial charge is 0.319 e. The molecular formula is C17H22FN3O4. The van der Waals surface area contributed by atoms with E-state index in [4.69, 9.17) is 4.74 Å². The van der Waals surface area contributed by atoms with Crippen molar-refractivity contribution >= 4 is 17.6 Å². The van der Waals surface area contributed by atoms with Gasteiger partial charge in [0.05, 0.1) is 25.2 Å². The van der Waals surface area contributed by atoms with Gasteiger partial charge in [-0.15, -0.1) is 0 Å². The highest BCUT2D eigenvalue weighted by Crippen LogP contribution is 2.17. The molecule has 25 heavy (non-hydrogen) atoms. The van der Waals surface area contributed by atoms with Gasteiger partial charge in [-0.25, -0.2) is 9.18 Å². The maximum atomic E-state index is 13.1. The largest absolute Gasteiger partial charge is 0.394 e. The van der Waals surface area contributed by atoms with Crippen LogP contribution in [0.4, 0.5) is 14.9 Å². The van der Waals surface area contributed by atoms with Crippen molar-refractivity contribution in [2.75, 3.05) is 26.0 Å². The minimum atomic E-state index is -0.678. The summed E-state index contributed by atoms with van der Waals surface area (Å²) in [5.41, 5.74) is 0.313. The second kappa shape index (κ2) is 8.59. The van der Waals surface area contributed by atoms with Gasteiger partial charge in [-0.05, 0) is 18.2 Å². The predicted molar refractivity (Wildman–Crippen MR) is 90.5 cm³/mol. The Kier molecular flexibility index (Phi) is 6.49. The standard InChI is InChI=1S/C17H22FN3O4/c1-21(2)16(23)9-13-6-7-14(15(10-22)25-13)20-17(24)19-12-5-3-4-11(18)8-12/h3-8,13-15,22H,9-10H2,1-2H3,(H2,19,20,24)/t13-,14-,15+/m1/s1. The third kappa shape index (κ3) is 5.54. The van der Waals surface area contributed by atoms with Crippen LogP contribution in [0.3, 0.4) is 0 Å². The van der Waals surface area contributed by atoms with Gasteiger partial charge in [-0.2, -0.15) is 0 Å². The van der Waals surface area contributed by atoms with Gasteiger partial charge in [0.1, 0.15) is 11.9 Å². The zero-order valence-electron chi connectivity index (χ0n) is 14.1. The minimum absolute atomic E-state index is 0.0957. The summed E-state index contributed by atoms with van der Waals surface area (Å²) in [6.45, 7) is -0.318. The highest BCUT2D eigenvalue weighted by Gasteiger charge is 2.29. The van der Waals surface area contributed by atoms with Crippen molar-refractivity contribution in [2.24, 2.45) is 0 Å². The summed E-state index contributed by atoms with van der Waals surface area (Å²) in [5, 5.41) is 14.6. The predicted octanol–water partition coefficient (Wildman–Crippen LogP) is 1.11. The quantitative estimate of drug-likeness (QED) is 0.693. The number of aliphatic hydroxyl groups is 1. The Morgan fingerprint density at radius 2 is 2.08 bits per heavy atom. The first-order valence-corrected chi connectivity index (χ1v) is 7.87. The van der Waals surface area contributed by atoms with Crippen LogP contribution in [-0.2, 0) is 9.53 Å². The van der Waals surface area contributed by atoms with Crippen molar-refractivity contribution < 1.29 is 23.8 Å². The van der Waals surface area contributed by atoms with Crippen LogP contribution in [0, 0.1) is 5.82 Å². The summed E-state index contributed by atoms with van der Waals surface area (Å²) in [4.78, 5) is 25.2. The Morgan fingerprint density at radius 3 is 2.72 bits per heavy atom. The number of benzene rings is 1. The fourth-order valence-corrected chi connectivity index (χ4v) is 2.38. The van der Waals surface area contributed by atoms with Gasteiger partial charge in [-0.3, -0.25) is 4.79 Å². The third-order valence-electron chi connectivity index (χ3n) is 3.72. The molecule has 0 bridgehead atoms. The Morgan fingerprint density at radius 1 is 1.32 bits per heavy atom. The van der Waals surface area contributed by atoms with Crippen LogP contribution in [0.1, 0.15) is 6.42 Å². The van der Waals surface area contributed by atoms with Crippen molar-refractivity contribution in [1.29, 1.82) is 0 Å². The molecule has 3 N–H and O–H groups in total. The first-order chi connectivity index (χ1) is 11.9. The first-order valence-electron chi connectivity index (χ1n) is 7.87. The van der Waals surface area contributed by atoms with Gasteiger partial charge in [-0.1, -0.05) is 18.2 Å². The van der Waals surface area contributed by atoms with Crippen LogP contribution in [0.2, 0.25) is 0 Å². The van der Waals surface area contributed by atoms with Gasteiger partial charge >= 0.3 is 6.03 Å². The summed E-state index contributed by atoms with van der Waals surface area (Å²) in [7, 11) is 3.30. The number of rotatable bonds is 5. The number of nitrogens with one attached hydrogen (secondary N) is 2. The summed E-state index contributed by atoms with van der Waals surface area (Å²) in [5.74, 6) is -0.554. The lowest BCUT2D eigenvalue weighted by atomic mass is 10.0. The zero-order valence-corrected chi connectivity index (χ0v) is 14.1. The molecule has 0 radical (unpaired) electrons. The number of urea groups is 1. The number of aliphatic hydroxyl groups excluding tert-OH is 1. The molecule has 1 aliphatic heterocycles. The van der Waals surface area contributed by atoms with Gasteiger partial charge < -0.3 is 25.4 Å². The van der Waals surface area contributed by atoms with E-state index in [9.17, 15) is 19.1 Å². The van der Waals surface area contributed by atoms with E-state index in [2.05, 4.69) is 10.6 Å². The Hall–Kier alpha value is -2.45. The summed E-state index contributed by atoms with van der Waals surface area (Å²) in [6, 6.07) is 4.39. The Bertz CT molecular complexity index is 651. The molecule has 0 saturated carbocycles. The average molecular weight is 351 g/mol. The maximum Gasteiger partial charge on any atom is 0.319 e. The number of halogens is 1. The van der Waals surface area contributed by atoms with E-state index < -0.39 is 30.1 Å². The first kappa shape index (κ1) is 18.9. The van der Waals surface area contributed by atoms with Crippen molar-refractivity contribution in [3.63, 3.8) is 0 Å². The SMILES string of the molecule is CN(C)C(=O)C[C@H]1C=C[C@@H](NC(=O)Nc2cccc(F)c2)[C@H](CO)O1. The zero-order chi connectivity index (χ0) is 18.4. The fourth-order valence-electron chi connectivity index (χ4n) is 2.38. The molecule has 136 valence electrons. The van der Waals surface area contributed by atoms with E-state index in [1.54, 1.807) is 32.3 Å². The minimum Gasteiger partial charge on any atom is -0.394 e. The van der Waals surface area contributed by atoms with Crippen LogP contribution in [0.25, 0.3) is 0 Å². The van der Waals surface area contributed by atoms with E-state index in [1.807, 2.05) is 0 Å². The van der Waals surface area contributed by atoms with Crippen molar-refractivity contribution in [2.45, 2.75) is 24.7 Å². The summed E-state index contributed by atoms with van der Waals surface area (Å²) >= 11 is 0. The van der Waals surface area contributed by atoms with Crippen molar-refractivity contribution in [3.05, 3.63) is 42.2 Å². The molecule has 7 nitrogen and oxygen atoms in total. The molecule has 0 aliphatic carbocycles. The summed E-state index contributed by atoms with van der Waals surface area (Å²) < 4.78 is 18.8. The van der Waals surface area contributed by atoms with E-state index in [0.29, 0.717) is 5.69 Å². The number of carbonyl (C=O) groups excluding carboxylic acids is 2. The van der Waals surface area contributed by atoms with E-state index in [1.165, 1.54) is 23.1 Å². The average Bonchev–Trinajstić information content (AvgIpc) is 2.56. The Labute approximate surface area is 145 Å². The van der Waals surface area contributed by atoms with E-state index >= 15 is 0 Å². The van der Waals surface area contributed by atoms with Gasteiger partial charge in [0.25, 0.3) is 0 Å². The molecule has 1 aromatic rings. The molecule has 0 aromatic heterocycles. The lowest BCUT2D eigenvalue weighted by Gasteiger charge is -2.32. The van der Waals surface area contributed by atoms with Crippen LogP contribution in [0.15, 0.2) is 36.4 Å². The van der Waals surface area contributed by atoms with Crippen LogP contribution in [0.5, 0.6) is 0 Å². The number of carbonyl (C=O) groups is 2. The number of amides is 3. The van der Waals surface area contributed by atoms with Gasteiger partial charge in [0, 0.05) is 19.8 Å². The van der Waals surface area contributed by atoms with Crippen LogP contribution in [-0.4, -0.2) is 60.9 Å². The highest BCUT2D eigenvalue weighted by atomic mass is 19.1. The molecule has 0 unspecified atom stereocenters. The van der Waals surface area contributed by atoms with Gasteiger partial charge in [0.2, 0.25) is 5.91 Å². The monoisotopic (exact) mass is 351 g/mol. The number of anilines is 1. The Balaban J connectivity index is 1.94. The van der Waals surface area contributed by atoms with Crippen LogP contribution >= 0.6 is 0 Å². The molecule has 0 spiro atoms. The molecule has 1 aliphatic rings. The molecule has 1 aromatic carbocycles. The molecule has 8 heteroatoms. The molecule has 0 saturated heterocycles. The maximum absolute atomic E-state index is 13.1. The van der Waals surface area contributed by atoms with Crippen molar-refractivity contribution in [3.8, 4) is 0 Å². The van der Waals surface area contributed by atoms with Crippen molar-refractivity contribution in [1.82, 2.24) is 10.2 Å². The van der Waals surface area contributed by atoms with E-state index in [-0.39, 0.29) is 18.9 Å². The molecule has 3 amide bonds. The topological polar surface area (TPSA) is 90.9 Å². The number of hydrogen-bond donors (Lipinski definition) is 3. The lowest BCUT2D eigenvalue weighted by Crippen LogP contribution is -2.50. The number of nitrogens with zero attached hydrogens (tertiary/aromatic N) is 1. The second-order valence-corrected chi connectivity index (χ2v) is 5.91. The molecule has 2 rings (SSSR count). The number of hydrogen-bond acceptors (Lipinski definition) is 4. The molecule has 0 fully saturated rings. The van der Waals surface area contributed by atoms with E-state index in [0.717, 1.165) is 0 Å². The number of ether oxygens (including phenoxy) is 1. The molecule has 1 heterocycles. The summed E-state index contributed by atoms with van der Waals surface area (Å²) in [6.07, 6.45) is 2.38. The second-order valence-electron chi connectivity index (χ2n) is 5.91.